The maximum absolute atomic E-state index is 11.9. The minimum Gasteiger partial charge on any atom is -0.353 e. The van der Waals surface area contributed by atoms with Crippen LogP contribution in [0.25, 0.3) is 0 Å². The Morgan fingerprint density at radius 1 is 1.33 bits per heavy atom. The summed E-state index contributed by atoms with van der Waals surface area (Å²) < 4.78 is 0. The third-order valence-electron chi connectivity index (χ3n) is 2.36. The van der Waals surface area contributed by atoms with Crippen LogP contribution in [0.1, 0.15) is 27.2 Å². The maximum atomic E-state index is 11.9. The van der Waals surface area contributed by atoms with Crippen molar-refractivity contribution in [1.82, 2.24) is 10.6 Å². The van der Waals surface area contributed by atoms with E-state index in [9.17, 15) is 9.59 Å². The van der Waals surface area contributed by atoms with Gasteiger partial charge in [-0.05, 0) is 18.4 Å². The van der Waals surface area contributed by atoms with E-state index in [1.165, 1.54) is 0 Å². The van der Waals surface area contributed by atoms with Crippen molar-refractivity contribution in [2.45, 2.75) is 33.2 Å². The first-order valence-corrected chi connectivity index (χ1v) is 7.50. The first kappa shape index (κ1) is 17.2. The van der Waals surface area contributed by atoms with Crippen LogP contribution < -0.4 is 16.4 Å². The van der Waals surface area contributed by atoms with E-state index in [-0.39, 0.29) is 11.8 Å². The Labute approximate surface area is 114 Å². The van der Waals surface area contributed by atoms with Crippen LogP contribution in [0, 0.1) is 5.41 Å². The zero-order chi connectivity index (χ0) is 14.2. The molecule has 5 nitrogen and oxygen atoms in total. The van der Waals surface area contributed by atoms with Crippen molar-refractivity contribution in [3.63, 3.8) is 0 Å². The van der Waals surface area contributed by atoms with Crippen LogP contribution in [0.4, 0.5) is 0 Å². The van der Waals surface area contributed by atoms with E-state index >= 15 is 0 Å². The van der Waals surface area contributed by atoms with Crippen molar-refractivity contribution >= 4 is 23.6 Å². The Hall–Kier alpha value is -0.750. The molecule has 0 fully saturated rings. The lowest BCUT2D eigenvalue weighted by atomic mass is 9.95. The highest BCUT2D eigenvalue weighted by Crippen LogP contribution is 2.13. The van der Waals surface area contributed by atoms with Gasteiger partial charge >= 0.3 is 0 Å². The van der Waals surface area contributed by atoms with E-state index in [0.29, 0.717) is 19.5 Å². The van der Waals surface area contributed by atoms with E-state index in [4.69, 9.17) is 5.73 Å². The number of nitrogens with one attached hydrogen (secondary N) is 2. The van der Waals surface area contributed by atoms with Crippen molar-refractivity contribution < 1.29 is 9.59 Å². The van der Waals surface area contributed by atoms with Gasteiger partial charge in [-0.15, -0.1) is 0 Å². The minimum atomic E-state index is -0.494. The lowest BCUT2D eigenvalue weighted by Crippen LogP contribution is -2.50. The Bertz CT molecular complexity index is 277. The summed E-state index contributed by atoms with van der Waals surface area (Å²) in [4.78, 5) is 23.8. The number of carbonyl (C=O) groups excluding carboxylic acids is 2. The molecule has 0 radical (unpaired) electrons. The van der Waals surface area contributed by atoms with Gasteiger partial charge in [0.05, 0.1) is 0 Å². The Morgan fingerprint density at radius 3 is 2.39 bits per heavy atom. The van der Waals surface area contributed by atoms with Gasteiger partial charge in [-0.2, -0.15) is 11.8 Å². The number of thioether (sulfide) groups is 1. The molecule has 0 aliphatic rings. The molecule has 0 saturated heterocycles. The quantitative estimate of drug-likeness (QED) is 0.626. The lowest BCUT2D eigenvalue weighted by Gasteiger charge is -2.23. The Morgan fingerprint density at radius 2 is 1.94 bits per heavy atom. The van der Waals surface area contributed by atoms with Gasteiger partial charge in [-0.1, -0.05) is 20.8 Å². The fourth-order valence-corrected chi connectivity index (χ4v) is 1.67. The average Bonchev–Trinajstić information content (AvgIpc) is 2.29. The fraction of sp³-hybridized carbons (Fsp3) is 0.833. The first-order chi connectivity index (χ1) is 8.32. The second-order valence-corrected chi connectivity index (χ2v) is 6.12. The smallest absolute Gasteiger partial charge is 0.242 e. The third kappa shape index (κ3) is 6.86. The van der Waals surface area contributed by atoms with Crippen molar-refractivity contribution in [3.05, 3.63) is 0 Å². The van der Waals surface area contributed by atoms with Crippen LogP contribution in [0.3, 0.4) is 0 Å². The lowest BCUT2D eigenvalue weighted by molar-refractivity contribution is -0.133. The molecule has 0 bridgehead atoms. The molecular formula is C12H25N3O2S. The zero-order valence-corrected chi connectivity index (χ0v) is 12.5. The van der Waals surface area contributed by atoms with Crippen LogP contribution in [0.15, 0.2) is 0 Å². The Kier molecular flexibility index (Phi) is 8.02. The van der Waals surface area contributed by atoms with Gasteiger partial charge in [0.2, 0.25) is 11.8 Å². The summed E-state index contributed by atoms with van der Waals surface area (Å²) >= 11 is 1.65. The first-order valence-electron chi connectivity index (χ1n) is 6.10. The number of hydrogen-bond acceptors (Lipinski definition) is 4. The third-order valence-corrected chi connectivity index (χ3v) is 3.00. The van der Waals surface area contributed by atoms with Crippen LogP contribution in [-0.2, 0) is 9.59 Å². The van der Waals surface area contributed by atoms with Gasteiger partial charge in [0.25, 0.3) is 0 Å². The molecule has 18 heavy (non-hydrogen) atoms. The van der Waals surface area contributed by atoms with Gasteiger partial charge in [-0.3, -0.25) is 9.59 Å². The molecular weight excluding hydrogens is 250 g/mol. The molecule has 0 aromatic carbocycles. The van der Waals surface area contributed by atoms with Crippen LogP contribution in [0.5, 0.6) is 0 Å². The molecule has 0 aromatic rings. The summed E-state index contributed by atoms with van der Waals surface area (Å²) in [5.41, 5.74) is 4.85. The van der Waals surface area contributed by atoms with E-state index in [1.54, 1.807) is 11.8 Å². The highest BCUT2D eigenvalue weighted by atomic mass is 32.2. The molecule has 106 valence electrons. The molecule has 0 spiro atoms. The van der Waals surface area contributed by atoms with Crippen molar-refractivity contribution in [3.8, 4) is 0 Å². The average molecular weight is 275 g/mol. The molecule has 0 aliphatic heterocycles. The van der Waals surface area contributed by atoms with Crippen LogP contribution >= 0.6 is 11.8 Å². The normalized spacial score (nSPS) is 12.9. The van der Waals surface area contributed by atoms with Gasteiger partial charge in [0.1, 0.15) is 6.04 Å². The number of amides is 2. The van der Waals surface area contributed by atoms with E-state index in [2.05, 4.69) is 10.6 Å². The highest BCUT2D eigenvalue weighted by molar-refractivity contribution is 7.98. The SMILES string of the molecule is CSCCC(NC(=O)C(C)(C)C)C(=O)NCCN. The molecule has 0 saturated carbocycles. The molecule has 1 atom stereocenters. The molecule has 0 rings (SSSR count). The monoisotopic (exact) mass is 275 g/mol. The molecule has 4 N–H and O–H groups in total. The summed E-state index contributed by atoms with van der Waals surface area (Å²) in [6.07, 6.45) is 2.60. The largest absolute Gasteiger partial charge is 0.353 e. The predicted octanol–water partition coefficient (Wildman–Crippen LogP) is 0.345. The molecule has 0 aliphatic carbocycles. The van der Waals surface area contributed by atoms with Gasteiger partial charge in [0, 0.05) is 18.5 Å². The predicted molar refractivity (Wildman–Crippen MR) is 76.4 cm³/mol. The number of carbonyl (C=O) groups is 2. The molecule has 6 heteroatoms. The van der Waals surface area contributed by atoms with Crippen LogP contribution in [-0.4, -0.2) is 43.0 Å². The van der Waals surface area contributed by atoms with Crippen molar-refractivity contribution in [2.24, 2.45) is 11.1 Å². The summed E-state index contributed by atoms with van der Waals surface area (Å²) in [6.45, 7) is 6.30. The van der Waals surface area contributed by atoms with E-state index in [0.717, 1.165) is 5.75 Å². The second kappa shape index (κ2) is 8.37. The Balaban J connectivity index is 4.48. The van der Waals surface area contributed by atoms with Crippen molar-refractivity contribution in [2.75, 3.05) is 25.1 Å². The minimum absolute atomic E-state index is 0.114. The standard InChI is InChI=1S/C12H25N3O2S/c1-12(2,3)11(17)15-9(5-8-18-4)10(16)14-7-6-13/h9H,5-8,13H2,1-4H3,(H,14,16)(H,15,17). The van der Waals surface area contributed by atoms with E-state index in [1.807, 2.05) is 27.0 Å². The maximum Gasteiger partial charge on any atom is 0.242 e. The molecule has 0 aromatic heterocycles. The topological polar surface area (TPSA) is 84.2 Å². The van der Waals surface area contributed by atoms with Gasteiger partial charge in [-0.25, -0.2) is 0 Å². The van der Waals surface area contributed by atoms with Gasteiger partial charge in [0.15, 0.2) is 0 Å². The number of nitrogens with two attached hydrogens (primary N) is 1. The fourth-order valence-electron chi connectivity index (χ4n) is 1.20. The highest BCUT2D eigenvalue weighted by Gasteiger charge is 2.26. The summed E-state index contributed by atoms with van der Waals surface area (Å²) in [5, 5.41) is 5.51. The summed E-state index contributed by atoms with van der Waals surface area (Å²) in [6, 6.07) is -0.476. The second-order valence-electron chi connectivity index (χ2n) is 5.14. The van der Waals surface area contributed by atoms with Crippen molar-refractivity contribution in [1.29, 1.82) is 0 Å². The zero-order valence-electron chi connectivity index (χ0n) is 11.7. The van der Waals surface area contributed by atoms with Crippen LogP contribution in [0.2, 0.25) is 0 Å². The molecule has 2 amide bonds. The summed E-state index contributed by atoms with van der Waals surface area (Å²) in [7, 11) is 0. The number of rotatable bonds is 7. The molecule has 0 heterocycles. The van der Waals surface area contributed by atoms with Gasteiger partial charge < -0.3 is 16.4 Å². The summed E-state index contributed by atoms with van der Waals surface area (Å²) in [5.74, 6) is 0.550. The number of hydrogen-bond donors (Lipinski definition) is 3. The van der Waals surface area contributed by atoms with E-state index < -0.39 is 11.5 Å². The molecule has 1 unspecified atom stereocenters.